The fourth-order valence-corrected chi connectivity index (χ4v) is 5.24. The Morgan fingerprint density at radius 1 is 1.31 bits per heavy atom. The van der Waals surface area contributed by atoms with Crippen LogP contribution in [0.2, 0.25) is 0 Å². The molecule has 0 bridgehead atoms. The zero-order chi connectivity index (χ0) is 24.6. The van der Waals surface area contributed by atoms with Gasteiger partial charge in [-0.2, -0.15) is 10.4 Å². The smallest absolute Gasteiger partial charge is 0.195 e. The second kappa shape index (κ2) is 9.07. The summed E-state index contributed by atoms with van der Waals surface area (Å²) in [5.41, 5.74) is 2.24. The van der Waals surface area contributed by atoms with Crippen LogP contribution in [0, 0.1) is 23.1 Å². The Hall–Kier alpha value is -3.85. The maximum atomic E-state index is 14.5. The molecular formula is C23H23FN8O2S. The van der Waals surface area contributed by atoms with Gasteiger partial charge >= 0.3 is 0 Å². The van der Waals surface area contributed by atoms with Gasteiger partial charge in [-0.05, 0) is 37.0 Å². The first-order chi connectivity index (χ1) is 16.9. The molecule has 10 nitrogen and oxygen atoms in total. The highest BCUT2D eigenvalue weighted by Gasteiger charge is 2.29. The number of rotatable bonds is 7. The van der Waals surface area contributed by atoms with Crippen LogP contribution in [0.1, 0.15) is 25.8 Å². The number of nitriles is 1. The molecule has 1 saturated heterocycles. The lowest BCUT2D eigenvalue weighted by molar-refractivity contribution is 0.419. The average molecular weight is 495 g/mol. The van der Waals surface area contributed by atoms with E-state index in [4.69, 9.17) is 0 Å². The Kier molecular flexibility index (Phi) is 5.94. The number of pyridine rings is 1. The van der Waals surface area contributed by atoms with Gasteiger partial charge < -0.3 is 9.88 Å². The van der Waals surface area contributed by atoms with Gasteiger partial charge in [0.15, 0.2) is 26.5 Å². The predicted octanol–water partition coefficient (Wildman–Crippen LogP) is 3.13. The maximum absolute atomic E-state index is 14.5. The number of aromatic amines is 1. The third-order valence-electron chi connectivity index (χ3n) is 6.34. The van der Waals surface area contributed by atoms with Crippen molar-refractivity contribution in [3.63, 3.8) is 0 Å². The normalized spacial score (nSPS) is 17.1. The van der Waals surface area contributed by atoms with Gasteiger partial charge in [0.05, 0.1) is 23.7 Å². The fraction of sp³-hybridized carbons (Fsp3) is 0.348. The second-order valence-corrected chi connectivity index (χ2v) is 10.7. The minimum Gasteiger partial charge on any atom is -0.354 e. The number of anilines is 1. The first-order valence-corrected chi connectivity index (χ1v) is 12.9. The summed E-state index contributed by atoms with van der Waals surface area (Å²) < 4.78 is 40.5. The molecule has 0 aliphatic carbocycles. The molecule has 35 heavy (non-hydrogen) atoms. The zero-order valence-corrected chi connectivity index (χ0v) is 19.8. The second-order valence-electron chi connectivity index (χ2n) is 8.51. The highest BCUT2D eigenvalue weighted by atomic mass is 32.2. The molecule has 4 aromatic heterocycles. The van der Waals surface area contributed by atoms with E-state index in [0.29, 0.717) is 19.5 Å². The first-order valence-electron chi connectivity index (χ1n) is 11.3. The van der Waals surface area contributed by atoms with Crippen molar-refractivity contribution < 1.29 is 12.8 Å². The van der Waals surface area contributed by atoms with Gasteiger partial charge in [-0.1, -0.05) is 6.92 Å². The summed E-state index contributed by atoms with van der Waals surface area (Å²) in [6.45, 7) is 2.53. The molecule has 12 heteroatoms. The van der Waals surface area contributed by atoms with E-state index >= 15 is 0 Å². The topological polar surface area (TPSA) is 133 Å². The van der Waals surface area contributed by atoms with Gasteiger partial charge in [0.25, 0.3) is 0 Å². The van der Waals surface area contributed by atoms with E-state index in [1.807, 2.05) is 6.07 Å². The van der Waals surface area contributed by atoms with Gasteiger partial charge in [0.1, 0.15) is 18.0 Å². The Labute approximate surface area is 201 Å². The van der Waals surface area contributed by atoms with Crippen molar-refractivity contribution in [3.05, 3.63) is 48.9 Å². The molecule has 2 unspecified atom stereocenters. The van der Waals surface area contributed by atoms with E-state index < -0.39 is 21.7 Å². The van der Waals surface area contributed by atoms with E-state index in [9.17, 15) is 18.1 Å². The summed E-state index contributed by atoms with van der Waals surface area (Å²) >= 11 is 0. The number of sulfone groups is 1. The molecule has 180 valence electrons. The molecule has 2 atom stereocenters. The zero-order valence-electron chi connectivity index (χ0n) is 19.0. The Morgan fingerprint density at radius 2 is 2.17 bits per heavy atom. The fourth-order valence-electron chi connectivity index (χ4n) is 4.44. The monoisotopic (exact) mass is 494 g/mol. The summed E-state index contributed by atoms with van der Waals surface area (Å²) in [5.74, 6) is -0.532. The van der Waals surface area contributed by atoms with Crippen molar-refractivity contribution >= 4 is 26.7 Å². The Balaban J connectivity index is 1.32. The molecule has 5 heterocycles. The standard InChI is InChI=1S/C23H23FN8O2S/c1-2-35(33,34)20-4-3-19(24)23(30-20)31-8-6-15(12-31)9-17(10-25)32-13-16(11-29-32)21-18-5-7-26-22(18)28-14-27-21/h3-5,7,11,13-15,17H,2,6,8-9,12H2,1H3,(H,26,27,28). The number of H-pyrrole nitrogens is 1. The van der Waals surface area contributed by atoms with Crippen molar-refractivity contribution in [1.82, 2.24) is 29.7 Å². The first kappa shape index (κ1) is 22.9. The van der Waals surface area contributed by atoms with E-state index in [1.165, 1.54) is 19.3 Å². The van der Waals surface area contributed by atoms with Gasteiger partial charge in [-0.3, -0.25) is 4.68 Å². The van der Waals surface area contributed by atoms with Gasteiger partial charge in [0.2, 0.25) is 0 Å². The van der Waals surface area contributed by atoms with Crippen LogP contribution >= 0.6 is 0 Å². The van der Waals surface area contributed by atoms with Crippen LogP contribution < -0.4 is 4.90 Å². The number of fused-ring (bicyclic) bond motifs is 1. The lowest BCUT2D eigenvalue weighted by atomic mass is 10.00. The Bertz CT molecular complexity index is 1520. The summed E-state index contributed by atoms with van der Waals surface area (Å²) in [4.78, 5) is 17.5. The van der Waals surface area contributed by atoms with Crippen LogP contribution in [0.4, 0.5) is 10.2 Å². The quantitative estimate of drug-likeness (QED) is 0.414. The molecule has 5 rings (SSSR count). The van der Waals surface area contributed by atoms with Gasteiger partial charge in [-0.15, -0.1) is 0 Å². The van der Waals surface area contributed by atoms with Crippen molar-refractivity contribution in [3.8, 4) is 17.3 Å². The molecule has 1 N–H and O–H groups in total. The minimum absolute atomic E-state index is 0.0381. The molecular weight excluding hydrogens is 471 g/mol. The third-order valence-corrected chi connectivity index (χ3v) is 7.96. The number of nitrogens with zero attached hydrogens (tertiary/aromatic N) is 7. The molecule has 0 spiro atoms. The number of halogens is 1. The van der Waals surface area contributed by atoms with Crippen LogP contribution in [-0.2, 0) is 9.84 Å². The molecule has 1 aliphatic rings. The van der Waals surface area contributed by atoms with Crippen molar-refractivity contribution in [2.24, 2.45) is 5.92 Å². The van der Waals surface area contributed by atoms with Crippen LogP contribution in [0.3, 0.4) is 0 Å². The van der Waals surface area contributed by atoms with Crippen LogP contribution in [0.5, 0.6) is 0 Å². The number of nitrogens with one attached hydrogen (secondary N) is 1. The van der Waals surface area contributed by atoms with Crippen LogP contribution in [0.15, 0.2) is 48.1 Å². The minimum atomic E-state index is -3.54. The van der Waals surface area contributed by atoms with Crippen molar-refractivity contribution in [2.45, 2.75) is 30.8 Å². The highest BCUT2D eigenvalue weighted by molar-refractivity contribution is 7.91. The van der Waals surface area contributed by atoms with Gasteiger partial charge in [-0.25, -0.2) is 27.8 Å². The Morgan fingerprint density at radius 3 is 2.97 bits per heavy atom. The van der Waals surface area contributed by atoms with Gasteiger partial charge in [0, 0.05) is 36.4 Å². The molecule has 0 amide bonds. The molecule has 0 saturated carbocycles. The summed E-state index contributed by atoms with van der Waals surface area (Å²) in [6.07, 6.45) is 8.01. The number of aromatic nitrogens is 6. The maximum Gasteiger partial charge on any atom is 0.195 e. The van der Waals surface area contributed by atoms with Crippen LogP contribution in [-0.4, -0.2) is 57.0 Å². The van der Waals surface area contributed by atoms with E-state index in [0.717, 1.165) is 34.8 Å². The van der Waals surface area contributed by atoms with Crippen molar-refractivity contribution in [1.29, 1.82) is 5.26 Å². The number of hydrogen-bond donors (Lipinski definition) is 1. The largest absolute Gasteiger partial charge is 0.354 e. The predicted molar refractivity (Wildman–Crippen MR) is 127 cm³/mol. The average Bonchev–Trinajstić information content (AvgIpc) is 3.63. The molecule has 1 aliphatic heterocycles. The summed E-state index contributed by atoms with van der Waals surface area (Å²) in [6, 6.07) is 6.05. The third kappa shape index (κ3) is 4.35. The highest BCUT2D eigenvalue weighted by Crippen LogP contribution is 2.31. The molecule has 0 aromatic carbocycles. The molecule has 0 radical (unpaired) electrons. The number of hydrogen-bond acceptors (Lipinski definition) is 8. The lowest BCUT2D eigenvalue weighted by Crippen LogP contribution is -2.24. The molecule has 1 fully saturated rings. The van der Waals surface area contributed by atoms with E-state index in [2.05, 4.69) is 31.1 Å². The SMILES string of the molecule is CCS(=O)(=O)c1ccc(F)c(N2CCC(CC(C#N)n3cc(-c4ncnc5[nH]ccc45)cn3)C2)n1. The van der Waals surface area contributed by atoms with E-state index in [-0.39, 0.29) is 22.5 Å². The van der Waals surface area contributed by atoms with Crippen molar-refractivity contribution in [2.75, 3.05) is 23.7 Å². The van der Waals surface area contributed by atoms with E-state index in [1.54, 1.807) is 28.2 Å². The summed E-state index contributed by atoms with van der Waals surface area (Å²) in [7, 11) is -3.54. The molecule has 4 aromatic rings. The van der Waals surface area contributed by atoms with Crippen LogP contribution in [0.25, 0.3) is 22.3 Å². The summed E-state index contributed by atoms with van der Waals surface area (Å²) in [5, 5.41) is 15.0. The lowest BCUT2D eigenvalue weighted by Gasteiger charge is -2.20.